The van der Waals surface area contributed by atoms with Crippen LogP contribution in [0.25, 0.3) is 5.82 Å². The second kappa shape index (κ2) is 7.63. The lowest BCUT2D eigenvalue weighted by Crippen LogP contribution is -2.18. The number of imidazole rings is 1. The Balaban J connectivity index is 1.89. The number of rotatable bonds is 4. The molecule has 0 saturated carbocycles. The number of halogens is 1. The number of hydrogen-bond acceptors (Lipinski definition) is 6. The molecule has 0 aliphatic heterocycles. The first-order chi connectivity index (χ1) is 13.0. The average molecular weight is 383 g/mol. The molecule has 3 heterocycles. The minimum atomic E-state index is -1.34. The zero-order valence-electron chi connectivity index (χ0n) is 13.8. The quantitative estimate of drug-likeness (QED) is 0.522. The van der Waals surface area contributed by atoms with Gasteiger partial charge < -0.3 is 10.4 Å². The van der Waals surface area contributed by atoms with Crippen molar-refractivity contribution >= 4 is 29.2 Å². The van der Waals surface area contributed by atoms with Gasteiger partial charge in [0.25, 0.3) is 5.91 Å². The molecule has 0 bridgehead atoms. The van der Waals surface area contributed by atoms with E-state index in [2.05, 4.69) is 37.3 Å². The molecule has 0 saturated heterocycles. The molecule has 0 unspecified atom stereocenters. The molecular weight excluding hydrogens is 372 g/mol. The van der Waals surface area contributed by atoms with Crippen molar-refractivity contribution in [3.8, 4) is 17.7 Å². The molecule has 0 spiro atoms. The van der Waals surface area contributed by atoms with Crippen molar-refractivity contribution in [1.29, 1.82) is 0 Å². The van der Waals surface area contributed by atoms with Crippen LogP contribution < -0.4 is 5.32 Å². The fourth-order valence-corrected chi connectivity index (χ4v) is 2.32. The topological polar surface area (TPSA) is 123 Å². The third-order valence-electron chi connectivity index (χ3n) is 3.34. The van der Waals surface area contributed by atoms with E-state index in [9.17, 15) is 14.7 Å². The minimum absolute atomic E-state index is 0.00622. The molecule has 0 atom stereocenters. The second-order valence-electron chi connectivity index (χ2n) is 5.10. The van der Waals surface area contributed by atoms with Crippen LogP contribution in [-0.4, -0.2) is 41.7 Å². The van der Waals surface area contributed by atoms with Gasteiger partial charge in [-0.15, -0.1) is 16.1 Å². The lowest BCUT2D eigenvalue weighted by atomic mass is 10.2. The van der Waals surface area contributed by atoms with Crippen LogP contribution in [0, 0.1) is 11.8 Å². The molecule has 0 radical (unpaired) electrons. The van der Waals surface area contributed by atoms with E-state index in [0.29, 0.717) is 11.4 Å². The van der Waals surface area contributed by atoms with Gasteiger partial charge in [-0.25, -0.2) is 14.8 Å². The number of carboxylic acid groups (broad SMARTS) is 1. The van der Waals surface area contributed by atoms with Gasteiger partial charge in [-0.1, -0.05) is 17.5 Å². The van der Waals surface area contributed by atoms with Gasteiger partial charge in [-0.3, -0.25) is 9.36 Å². The maximum atomic E-state index is 12.4. The molecule has 134 valence electrons. The summed E-state index contributed by atoms with van der Waals surface area (Å²) in [4.78, 5) is 31.5. The lowest BCUT2D eigenvalue weighted by Gasteiger charge is -2.09. The molecule has 3 aromatic rings. The number of pyridine rings is 1. The Morgan fingerprint density at radius 1 is 1.30 bits per heavy atom. The Bertz CT molecular complexity index is 1070. The van der Waals surface area contributed by atoms with E-state index < -0.39 is 17.6 Å². The molecule has 0 aliphatic carbocycles. The molecule has 2 N–H and O–H groups in total. The molecule has 27 heavy (non-hydrogen) atoms. The largest absolute Gasteiger partial charge is 0.476 e. The summed E-state index contributed by atoms with van der Waals surface area (Å²) < 4.78 is 1.62. The van der Waals surface area contributed by atoms with E-state index in [4.69, 9.17) is 11.6 Å². The number of carbonyl (C=O) groups excluding carboxylic acids is 1. The van der Waals surface area contributed by atoms with Gasteiger partial charge in [0.2, 0.25) is 0 Å². The van der Waals surface area contributed by atoms with Crippen molar-refractivity contribution in [3.05, 3.63) is 59.0 Å². The first-order valence-electron chi connectivity index (χ1n) is 7.49. The zero-order valence-corrected chi connectivity index (χ0v) is 14.6. The van der Waals surface area contributed by atoms with Crippen LogP contribution in [0.4, 0.5) is 5.69 Å². The first-order valence-corrected chi connectivity index (χ1v) is 7.87. The maximum absolute atomic E-state index is 12.4. The van der Waals surface area contributed by atoms with Crippen molar-refractivity contribution in [2.45, 2.75) is 6.92 Å². The van der Waals surface area contributed by atoms with E-state index in [1.165, 1.54) is 12.1 Å². The molecule has 3 rings (SSSR count). The second-order valence-corrected chi connectivity index (χ2v) is 5.46. The molecular formula is C17H11ClN6O3. The maximum Gasteiger partial charge on any atom is 0.356 e. The van der Waals surface area contributed by atoms with Gasteiger partial charge in [0, 0.05) is 12.4 Å². The molecule has 0 aromatic carbocycles. The lowest BCUT2D eigenvalue weighted by molar-refractivity contribution is 0.0691. The number of aromatic carboxylic acids is 1. The Labute approximate surface area is 158 Å². The number of amides is 1. The van der Waals surface area contributed by atoms with Crippen molar-refractivity contribution in [2.24, 2.45) is 0 Å². The van der Waals surface area contributed by atoms with Crippen LogP contribution >= 0.6 is 11.6 Å². The number of hydrogen-bond donors (Lipinski definition) is 2. The smallest absolute Gasteiger partial charge is 0.356 e. The van der Waals surface area contributed by atoms with Crippen LogP contribution in [0.15, 0.2) is 36.9 Å². The monoisotopic (exact) mass is 382 g/mol. The summed E-state index contributed by atoms with van der Waals surface area (Å²) in [7, 11) is 0. The van der Waals surface area contributed by atoms with E-state index >= 15 is 0 Å². The van der Waals surface area contributed by atoms with E-state index in [0.717, 1.165) is 0 Å². The van der Waals surface area contributed by atoms with Crippen LogP contribution in [0.5, 0.6) is 0 Å². The number of carboxylic acids is 1. The van der Waals surface area contributed by atoms with Crippen molar-refractivity contribution < 1.29 is 14.7 Å². The number of carbonyl (C=O) groups is 2. The summed E-state index contributed by atoms with van der Waals surface area (Å²) in [6, 6.07) is 4.38. The zero-order chi connectivity index (χ0) is 19.4. The summed E-state index contributed by atoms with van der Waals surface area (Å²) >= 11 is 5.92. The van der Waals surface area contributed by atoms with Gasteiger partial charge in [0.05, 0.1) is 11.3 Å². The number of nitrogens with zero attached hydrogens (tertiary/aromatic N) is 5. The Morgan fingerprint density at radius 2 is 2.11 bits per heavy atom. The van der Waals surface area contributed by atoms with Crippen molar-refractivity contribution in [2.75, 3.05) is 5.32 Å². The van der Waals surface area contributed by atoms with Crippen LogP contribution in [0.2, 0.25) is 5.15 Å². The molecule has 10 heteroatoms. The molecule has 0 fully saturated rings. The van der Waals surface area contributed by atoms with Crippen molar-refractivity contribution in [1.82, 2.24) is 24.7 Å². The number of aromatic nitrogens is 5. The van der Waals surface area contributed by atoms with Gasteiger partial charge in [-0.2, -0.15) is 0 Å². The minimum Gasteiger partial charge on any atom is -0.476 e. The molecule has 9 nitrogen and oxygen atoms in total. The Hall–Kier alpha value is -3.77. The Morgan fingerprint density at radius 3 is 2.70 bits per heavy atom. The highest BCUT2D eigenvalue weighted by atomic mass is 35.5. The van der Waals surface area contributed by atoms with Gasteiger partial charge in [-0.05, 0) is 25.1 Å². The van der Waals surface area contributed by atoms with E-state index in [-0.39, 0.29) is 16.5 Å². The number of nitrogens with one attached hydrogen (secondary N) is 1. The van der Waals surface area contributed by atoms with Crippen LogP contribution in [0.3, 0.4) is 0 Å². The first kappa shape index (κ1) is 18.0. The van der Waals surface area contributed by atoms with Gasteiger partial charge in [0.15, 0.2) is 17.2 Å². The summed E-state index contributed by atoms with van der Waals surface area (Å²) in [5, 5.41) is 19.5. The number of anilines is 1. The van der Waals surface area contributed by atoms with Gasteiger partial charge >= 0.3 is 5.97 Å². The van der Waals surface area contributed by atoms with Gasteiger partial charge in [0.1, 0.15) is 11.5 Å². The molecule has 3 aromatic heterocycles. The summed E-state index contributed by atoms with van der Waals surface area (Å²) in [6.45, 7) is 1.59. The highest BCUT2D eigenvalue weighted by Gasteiger charge is 2.19. The highest BCUT2D eigenvalue weighted by molar-refractivity contribution is 6.31. The highest BCUT2D eigenvalue weighted by Crippen LogP contribution is 2.22. The predicted molar refractivity (Wildman–Crippen MR) is 95.9 cm³/mol. The van der Waals surface area contributed by atoms with Crippen LogP contribution in [0.1, 0.15) is 33.5 Å². The van der Waals surface area contributed by atoms with E-state index in [1.54, 1.807) is 36.3 Å². The Kier molecular flexibility index (Phi) is 5.10. The third kappa shape index (κ3) is 3.91. The summed E-state index contributed by atoms with van der Waals surface area (Å²) in [5.41, 5.74) is -0.164. The summed E-state index contributed by atoms with van der Waals surface area (Å²) in [6.07, 6.45) is 4.80. The fourth-order valence-electron chi connectivity index (χ4n) is 2.14. The normalized spacial score (nSPS) is 10.0. The van der Waals surface area contributed by atoms with E-state index in [1.807, 2.05) is 0 Å². The molecule has 1 amide bonds. The standard InChI is InChI=1S/C17H11ClN6O3/c1-2-3-10-8-12(14(17(26)27)21-15(10)18)20-16(25)11-4-5-13(23-22-11)24-7-6-19-9-24/h4-9H,1H3,(H,20,25)(H,26,27). The SMILES string of the molecule is CC#Cc1cc(NC(=O)c2ccc(-n3ccnc3)nn2)c(C(=O)O)nc1Cl. The fraction of sp³-hybridized carbons (Fsp3) is 0.0588. The summed E-state index contributed by atoms with van der Waals surface area (Å²) in [5.74, 6) is 3.82. The third-order valence-corrected chi connectivity index (χ3v) is 3.63. The predicted octanol–water partition coefficient (Wildman–Crippen LogP) is 2.03. The average Bonchev–Trinajstić information content (AvgIpc) is 3.19. The molecule has 0 aliphatic rings. The van der Waals surface area contributed by atoms with Crippen molar-refractivity contribution in [3.63, 3.8) is 0 Å². The van der Waals surface area contributed by atoms with Crippen LogP contribution in [-0.2, 0) is 0 Å².